The van der Waals surface area contributed by atoms with Crippen LogP contribution in [0.15, 0.2) is 0 Å². The molecule has 0 aromatic rings. The highest BCUT2D eigenvalue weighted by Crippen LogP contribution is 2.19. The van der Waals surface area contributed by atoms with E-state index in [1.54, 1.807) is 13.8 Å². The highest BCUT2D eigenvalue weighted by atomic mass is 16.4. The summed E-state index contributed by atoms with van der Waals surface area (Å²) in [6.07, 6.45) is 0.490. The van der Waals surface area contributed by atoms with Crippen molar-refractivity contribution < 1.29 is 14.7 Å². The number of carboxylic acid groups (broad SMARTS) is 1. The molecule has 0 aromatic carbocycles. The molecule has 0 bridgehead atoms. The molecule has 3 N–H and O–H groups in total. The van der Waals surface area contributed by atoms with Crippen LogP contribution in [0.25, 0.3) is 0 Å². The number of carboxylic acids is 1. The van der Waals surface area contributed by atoms with Crippen LogP contribution in [0.5, 0.6) is 0 Å². The summed E-state index contributed by atoms with van der Waals surface area (Å²) in [5, 5.41) is 14.4. The molecule has 0 spiro atoms. The molecule has 1 unspecified atom stereocenters. The Hall–Kier alpha value is -1.10. The Morgan fingerprint density at radius 2 is 1.93 bits per heavy atom. The largest absolute Gasteiger partial charge is 0.481 e. The molecule has 0 saturated carbocycles. The van der Waals surface area contributed by atoms with Gasteiger partial charge in [0.1, 0.15) is 0 Å². The Morgan fingerprint density at radius 1 is 1.33 bits per heavy atom. The van der Waals surface area contributed by atoms with Crippen LogP contribution in [-0.4, -0.2) is 36.6 Å². The second kappa shape index (κ2) is 6.40. The summed E-state index contributed by atoms with van der Waals surface area (Å²) in [5.41, 5.74) is -0.873. The van der Waals surface area contributed by atoms with E-state index in [2.05, 4.69) is 10.6 Å². The van der Waals surface area contributed by atoms with Gasteiger partial charge in [-0.05, 0) is 19.9 Å². The smallest absolute Gasteiger partial charge is 0.311 e. The minimum atomic E-state index is -0.881. The molecule has 0 fully saturated rings. The Morgan fingerprint density at radius 3 is 2.33 bits per heavy atom. The lowest BCUT2D eigenvalue weighted by Gasteiger charge is -2.23. The molecular formula is C10H20N2O3. The van der Waals surface area contributed by atoms with Crippen LogP contribution in [0.1, 0.15) is 27.2 Å². The third-order valence-corrected chi connectivity index (χ3v) is 2.51. The predicted octanol–water partition coefficient (Wildman–Crippen LogP) is 0.213. The van der Waals surface area contributed by atoms with Gasteiger partial charge in [0.05, 0.1) is 12.0 Å². The predicted molar refractivity (Wildman–Crippen MR) is 57.6 cm³/mol. The first-order chi connectivity index (χ1) is 6.96. The zero-order valence-electron chi connectivity index (χ0n) is 9.59. The van der Waals surface area contributed by atoms with Gasteiger partial charge < -0.3 is 15.7 Å². The highest BCUT2D eigenvalue weighted by molar-refractivity contribution is 5.80. The van der Waals surface area contributed by atoms with Crippen molar-refractivity contribution in [2.24, 2.45) is 5.41 Å². The van der Waals surface area contributed by atoms with Crippen LogP contribution in [0.2, 0.25) is 0 Å². The quantitative estimate of drug-likeness (QED) is 0.568. The number of carbonyl (C=O) groups is 2. The van der Waals surface area contributed by atoms with Crippen molar-refractivity contribution >= 4 is 11.9 Å². The summed E-state index contributed by atoms with van der Waals surface area (Å²) in [6, 6.07) is 0. The van der Waals surface area contributed by atoms with Gasteiger partial charge in [0.15, 0.2) is 0 Å². The average molecular weight is 216 g/mol. The fourth-order valence-electron chi connectivity index (χ4n) is 0.947. The number of hydrogen-bond acceptors (Lipinski definition) is 3. The third-order valence-electron chi connectivity index (χ3n) is 2.51. The number of amides is 1. The summed E-state index contributed by atoms with van der Waals surface area (Å²) in [5.74, 6) is -1.05. The fourth-order valence-corrected chi connectivity index (χ4v) is 0.947. The summed E-state index contributed by atoms with van der Waals surface area (Å²) < 4.78 is 0. The van der Waals surface area contributed by atoms with Gasteiger partial charge in [-0.2, -0.15) is 0 Å². The van der Waals surface area contributed by atoms with E-state index in [-0.39, 0.29) is 19.0 Å². The van der Waals surface area contributed by atoms with Gasteiger partial charge in [-0.3, -0.25) is 9.59 Å². The first-order valence-electron chi connectivity index (χ1n) is 5.17. The van der Waals surface area contributed by atoms with Gasteiger partial charge in [-0.1, -0.05) is 13.8 Å². The lowest BCUT2D eigenvalue weighted by Crippen LogP contribution is -2.43. The molecular weight excluding hydrogens is 196 g/mol. The summed E-state index contributed by atoms with van der Waals surface area (Å²) in [4.78, 5) is 22.1. The summed E-state index contributed by atoms with van der Waals surface area (Å²) in [7, 11) is 0. The maximum absolute atomic E-state index is 11.2. The number of rotatable bonds is 7. The van der Waals surface area contributed by atoms with E-state index in [1.807, 2.05) is 6.92 Å². The van der Waals surface area contributed by atoms with Crippen LogP contribution in [-0.2, 0) is 9.59 Å². The van der Waals surface area contributed by atoms with Gasteiger partial charge in [0.2, 0.25) is 5.91 Å². The third kappa shape index (κ3) is 4.78. The Balaban J connectivity index is 4.01. The number of nitrogens with one attached hydrogen (secondary N) is 2. The molecule has 0 aliphatic carbocycles. The Bertz CT molecular complexity index is 231. The zero-order valence-corrected chi connectivity index (χ0v) is 9.59. The van der Waals surface area contributed by atoms with Gasteiger partial charge in [0.25, 0.3) is 0 Å². The molecule has 0 radical (unpaired) electrons. The molecule has 1 amide bonds. The first-order valence-corrected chi connectivity index (χ1v) is 5.17. The number of hydrogen-bond donors (Lipinski definition) is 3. The topological polar surface area (TPSA) is 78.4 Å². The second-order valence-corrected chi connectivity index (χ2v) is 3.78. The molecule has 0 aliphatic rings. The molecule has 5 nitrogen and oxygen atoms in total. The SMILES string of the molecule is CCNCC(=O)NCC(C)(CC)C(=O)O. The van der Waals surface area contributed by atoms with Crippen LogP contribution in [0, 0.1) is 5.41 Å². The van der Waals surface area contributed by atoms with Crippen molar-refractivity contribution in [1.29, 1.82) is 0 Å². The van der Waals surface area contributed by atoms with Crippen LogP contribution < -0.4 is 10.6 Å². The van der Waals surface area contributed by atoms with Crippen molar-refractivity contribution in [3.05, 3.63) is 0 Å². The van der Waals surface area contributed by atoms with E-state index >= 15 is 0 Å². The average Bonchev–Trinajstić information content (AvgIpc) is 2.22. The first kappa shape index (κ1) is 13.9. The van der Waals surface area contributed by atoms with Gasteiger partial charge in [-0.25, -0.2) is 0 Å². The fraction of sp³-hybridized carbons (Fsp3) is 0.800. The van der Waals surface area contributed by atoms with Gasteiger partial charge >= 0.3 is 5.97 Å². The van der Waals surface area contributed by atoms with Gasteiger partial charge in [0, 0.05) is 6.54 Å². The molecule has 0 aromatic heterocycles. The minimum absolute atomic E-state index is 0.169. The molecule has 0 heterocycles. The van der Waals surface area contributed by atoms with E-state index in [0.29, 0.717) is 6.42 Å². The monoisotopic (exact) mass is 216 g/mol. The lowest BCUT2D eigenvalue weighted by atomic mass is 9.88. The zero-order chi connectivity index (χ0) is 11.9. The number of likely N-dealkylation sites (N-methyl/N-ethyl adjacent to an activating group) is 1. The van der Waals surface area contributed by atoms with E-state index < -0.39 is 11.4 Å². The van der Waals surface area contributed by atoms with Crippen LogP contribution >= 0.6 is 0 Å². The Labute approximate surface area is 90.2 Å². The Kier molecular flexibility index (Phi) is 5.93. The van der Waals surface area contributed by atoms with E-state index in [9.17, 15) is 9.59 Å². The molecule has 88 valence electrons. The summed E-state index contributed by atoms with van der Waals surface area (Å²) in [6.45, 7) is 6.45. The molecule has 5 heteroatoms. The molecule has 1 atom stereocenters. The van der Waals surface area contributed by atoms with E-state index in [1.165, 1.54) is 0 Å². The second-order valence-electron chi connectivity index (χ2n) is 3.78. The van der Waals surface area contributed by atoms with Crippen molar-refractivity contribution in [2.45, 2.75) is 27.2 Å². The normalized spacial score (nSPS) is 14.3. The maximum Gasteiger partial charge on any atom is 0.311 e. The minimum Gasteiger partial charge on any atom is -0.481 e. The summed E-state index contributed by atoms with van der Waals surface area (Å²) >= 11 is 0. The van der Waals surface area contributed by atoms with Crippen LogP contribution in [0.4, 0.5) is 0 Å². The van der Waals surface area contributed by atoms with Crippen LogP contribution in [0.3, 0.4) is 0 Å². The maximum atomic E-state index is 11.2. The van der Waals surface area contributed by atoms with E-state index in [0.717, 1.165) is 6.54 Å². The van der Waals surface area contributed by atoms with Crippen molar-refractivity contribution in [1.82, 2.24) is 10.6 Å². The molecule has 0 aliphatic heterocycles. The van der Waals surface area contributed by atoms with E-state index in [4.69, 9.17) is 5.11 Å². The molecule has 15 heavy (non-hydrogen) atoms. The molecule has 0 saturated heterocycles. The molecule has 0 rings (SSSR count). The highest BCUT2D eigenvalue weighted by Gasteiger charge is 2.31. The van der Waals surface area contributed by atoms with Crippen molar-refractivity contribution in [3.8, 4) is 0 Å². The van der Waals surface area contributed by atoms with Crippen molar-refractivity contribution in [2.75, 3.05) is 19.6 Å². The standard InChI is InChI=1S/C10H20N2O3/c1-4-10(3,9(14)15)7-12-8(13)6-11-5-2/h11H,4-7H2,1-3H3,(H,12,13)(H,14,15). The number of carbonyl (C=O) groups excluding carboxylic acids is 1. The lowest BCUT2D eigenvalue weighted by molar-refractivity contribution is -0.148. The van der Waals surface area contributed by atoms with Crippen molar-refractivity contribution in [3.63, 3.8) is 0 Å². The number of aliphatic carboxylic acids is 1. The van der Waals surface area contributed by atoms with Gasteiger partial charge in [-0.15, -0.1) is 0 Å².